The number of benzene rings is 3. The van der Waals surface area contributed by atoms with Crippen molar-refractivity contribution in [1.82, 2.24) is 10.2 Å². The molecule has 0 aliphatic carbocycles. The Labute approximate surface area is 296 Å². The van der Waals surface area contributed by atoms with E-state index in [1.54, 1.807) is 18.0 Å². The molecule has 2 amide bonds. The third-order valence-electron chi connectivity index (χ3n) is 11.8. The lowest BCUT2D eigenvalue weighted by Crippen LogP contribution is -2.55. The zero-order chi connectivity index (χ0) is 35.0. The maximum atomic E-state index is 16.0. The van der Waals surface area contributed by atoms with Gasteiger partial charge in [-0.1, -0.05) is 61.5 Å². The van der Waals surface area contributed by atoms with Crippen LogP contribution < -0.4 is 15.1 Å². The number of rotatable bonds is 9. The second-order valence-electron chi connectivity index (χ2n) is 15.3. The summed E-state index contributed by atoms with van der Waals surface area (Å²) in [7, 11) is -3.19. The number of para-hydroxylation sites is 1. The van der Waals surface area contributed by atoms with Crippen LogP contribution in [-0.4, -0.2) is 80.4 Å². The molecule has 4 aliphatic rings. The van der Waals surface area contributed by atoms with Gasteiger partial charge in [0.2, 0.25) is 14.3 Å². The summed E-state index contributed by atoms with van der Waals surface area (Å²) in [5.74, 6) is 0.0373. The van der Waals surface area contributed by atoms with E-state index in [9.17, 15) is 14.7 Å². The zero-order valence-corrected chi connectivity index (χ0v) is 30.6. The molecule has 8 nitrogen and oxygen atoms in total. The van der Waals surface area contributed by atoms with Gasteiger partial charge in [0.05, 0.1) is 37.9 Å². The Hall–Kier alpha value is -3.57. The van der Waals surface area contributed by atoms with Crippen LogP contribution in [0.5, 0.6) is 0 Å². The van der Waals surface area contributed by atoms with Crippen LogP contribution in [0.2, 0.25) is 18.6 Å². The fraction of sp³-hybridized carbons (Fsp3) is 0.500. The maximum absolute atomic E-state index is 16.0. The van der Waals surface area contributed by atoms with Crippen LogP contribution in [0.3, 0.4) is 0 Å². The number of amides is 2. The first-order chi connectivity index (χ1) is 24.1. The fourth-order valence-electron chi connectivity index (χ4n) is 9.26. The van der Waals surface area contributed by atoms with Crippen molar-refractivity contribution in [2.45, 2.75) is 94.4 Å². The molecule has 1 spiro atoms. The number of ether oxygens (including phenoxy) is 1. The summed E-state index contributed by atoms with van der Waals surface area (Å²) in [6.07, 6.45) is 3.00. The molecular formula is C40H51FN4O4Si. The number of aliphatic hydroxyl groups is 1. The van der Waals surface area contributed by atoms with E-state index >= 15 is 4.11 Å². The highest BCUT2D eigenvalue weighted by molar-refractivity contribution is 6.72. The van der Waals surface area contributed by atoms with Gasteiger partial charge < -0.3 is 29.1 Å². The van der Waals surface area contributed by atoms with E-state index in [1.807, 2.05) is 53.4 Å². The molecule has 2 N–H and O–H groups in total. The second kappa shape index (κ2) is 14.2. The topological polar surface area (TPSA) is 85.4 Å². The minimum absolute atomic E-state index is 0.0299. The van der Waals surface area contributed by atoms with E-state index in [2.05, 4.69) is 47.5 Å². The minimum atomic E-state index is -3.19. The van der Waals surface area contributed by atoms with E-state index in [0.29, 0.717) is 26.1 Å². The number of hydrogen-bond donors (Lipinski definition) is 2. The SMILES string of the molecule is C[C@H]1[C@H]([Si](C)(C)F)[C@@H](CC(=O)N2Cc3ccccc3C[C@H]2CO)O[C@H]1CCc1cccc(N2CN(c3ccccc3)C3(CCNCC3)C2=O)c1. The van der Waals surface area contributed by atoms with Crippen molar-refractivity contribution in [3.8, 4) is 0 Å². The number of anilines is 2. The van der Waals surface area contributed by atoms with Gasteiger partial charge in [-0.25, -0.2) is 0 Å². The highest BCUT2D eigenvalue weighted by Gasteiger charge is 2.54. The molecule has 0 saturated carbocycles. The predicted molar refractivity (Wildman–Crippen MR) is 197 cm³/mol. The third kappa shape index (κ3) is 6.63. The molecule has 7 rings (SSSR count). The standard InChI is InChI=1S/C40H51FN4O4Si/c1-28-35(49-36(38(28)50(2,3)41)24-37(47)43-25-31-12-8-7-11-30(31)23-34(43)26-46)17-16-29-10-9-15-33(22-29)44-27-45(32-13-5-4-6-14-32)40(39(44)48)18-20-42-21-19-40/h4-15,22,28,34-36,38,42,46H,16-21,23-27H2,1-3H3/t28-,34+,35+,36-,38+/m1/s1. The van der Waals surface area contributed by atoms with Crippen molar-refractivity contribution in [1.29, 1.82) is 0 Å². The third-order valence-corrected chi connectivity index (χ3v) is 14.3. The van der Waals surface area contributed by atoms with Gasteiger partial charge >= 0.3 is 0 Å². The van der Waals surface area contributed by atoms with Gasteiger partial charge in [0.25, 0.3) is 5.91 Å². The van der Waals surface area contributed by atoms with Crippen LogP contribution in [-0.2, 0) is 33.7 Å². The summed E-state index contributed by atoms with van der Waals surface area (Å²) in [4.78, 5) is 34.0. The van der Waals surface area contributed by atoms with Crippen LogP contribution in [0.1, 0.15) is 49.3 Å². The fourth-order valence-corrected chi connectivity index (χ4v) is 11.8. The molecule has 3 fully saturated rings. The Morgan fingerprint density at radius 1 is 0.980 bits per heavy atom. The molecule has 5 atom stereocenters. The summed E-state index contributed by atoms with van der Waals surface area (Å²) in [5.41, 5.74) is 4.45. The molecule has 4 aliphatic heterocycles. The highest BCUT2D eigenvalue weighted by atomic mass is 28.4. The van der Waals surface area contributed by atoms with E-state index in [-0.39, 0.29) is 48.4 Å². The quantitative estimate of drug-likeness (QED) is 0.216. The Balaban J connectivity index is 1.05. The smallest absolute Gasteiger partial charge is 0.254 e. The molecule has 3 aromatic rings. The van der Waals surface area contributed by atoms with E-state index in [4.69, 9.17) is 4.74 Å². The van der Waals surface area contributed by atoms with Gasteiger partial charge in [-0.2, -0.15) is 0 Å². The number of nitrogens with one attached hydrogen (secondary N) is 1. The summed E-state index contributed by atoms with van der Waals surface area (Å²) in [6.45, 7) is 8.00. The van der Waals surface area contributed by atoms with Crippen molar-refractivity contribution >= 4 is 31.6 Å². The van der Waals surface area contributed by atoms with Gasteiger partial charge in [-0.3, -0.25) is 14.5 Å². The summed E-state index contributed by atoms with van der Waals surface area (Å²) in [6, 6.07) is 26.3. The largest absolute Gasteiger partial charge is 0.394 e. The van der Waals surface area contributed by atoms with Crippen molar-refractivity contribution in [2.75, 3.05) is 36.2 Å². The monoisotopic (exact) mass is 698 g/mol. The average molecular weight is 699 g/mol. The molecular weight excluding hydrogens is 648 g/mol. The minimum Gasteiger partial charge on any atom is -0.394 e. The number of fused-ring (bicyclic) bond motifs is 1. The zero-order valence-electron chi connectivity index (χ0n) is 29.6. The van der Waals surface area contributed by atoms with Gasteiger partial charge in [0, 0.05) is 23.5 Å². The molecule has 0 radical (unpaired) electrons. The predicted octanol–water partition coefficient (Wildman–Crippen LogP) is 5.84. The normalized spacial score (nSPS) is 26.5. The molecule has 266 valence electrons. The first kappa shape index (κ1) is 34.9. The summed E-state index contributed by atoms with van der Waals surface area (Å²) in [5, 5.41) is 13.6. The van der Waals surface area contributed by atoms with Crippen LogP contribution in [0.15, 0.2) is 78.9 Å². The van der Waals surface area contributed by atoms with Gasteiger partial charge in [0.1, 0.15) is 5.54 Å². The van der Waals surface area contributed by atoms with Crippen molar-refractivity contribution in [3.05, 3.63) is 95.6 Å². The van der Waals surface area contributed by atoms with Gasteiger partial charge in [-0.15, -0.1) is 0 Å². The Morgan fingerprint density at radius 2 is 1.68 bits per heavy atom. The highest BCUT2D eigenvalue weighted by Crippen LogP contribution is 2.47. The average Bonchev–Trinajstić information content (AvgIpc) is 3.59. The number of carbonyl (C=O) groups is 2. The molecule has 50 heavy (non-hydrogen) atoms. The first-order valence-corrected chi connectivity index (χ1v) is 21.3. The van der Waals surface area contributed by atoms with Crippen molar-refractivity contribution < 1.29 is 23.5 Å². The number of carbonyl (C=O) groups excluding carboxylic acids is 2. The Kier molecular flexibility index (Phi) is 9.91. The van der Waals surface area contributed by atoms with E-state index < -0.39 is 20.1 Å². The number of piperidine rings is 1. The second-order valence-corrected chi connectivity index (χ2v) is 19.1. The van der Waals surface area contributed by atoms with Gasteiger partial charge in [-0.05, 0) is 105 Å². The van der Waals surface area contributed by atoms with Crippen LogP contribution in [0.4, 0.5) is 15.5 Å². The number of aliphatic hydroxyl groups excluding tert-OH is 1. The van der Waals surface area contributed by atoms with E-state index in [0.717, 1.165) is 60.4 Å². The maximum Gasteiger partial charge on any atom is 0.254 e. The van der Waals surface area contributed by atoms with Crippen LogP contribution in [0.25, 0.3) is 0 Å². The Bertz CT molecular complexity index is 1680. The number of nitrogens with zero attached hydrogens (tertiary/aromatic N) is 3. The van der Waals surface area contributed by atoms with Crippen LogP contribution in [0, 0.1) is 5.92 Å². The number of hydrogen-bond acceptors (Lipinski definition) is 6. The van der Waals surface area contributed by atoms with Crippen molar-refractivity contribution in [3.63, 3.8) is 0 Å². The lowest BCUT2D eigenvalue weighted by Gasteiger charge is -2.39. The van der Waals surface area contributed by atoms with Crippen LogP contribution >= 0.6 is 0 Å². The number of aryl methyl sites for hydroxylation is 1. The molecule has 3 saturated heterocycles. The van der Waals surface area contributed by atoms with Gasteiger partial charge in [0.15, 0.2) is 0 Å². The summed E-state index contributed by atoms with van der Waals surface area (Å²) >= 11 is 0. The molecule has 0 bridgehead atoms. The van der Waals surface area contributed by atoms with Crippen molar-refractivity contribution in [2.24, 2.45) is 5.92 Å². The molecule has 0 unspecified atom stereocenters. The van der Waals surface area contributed by atoms with E-state index in [1.165, 1.54) is 0 Å². The lowest BCUT2D eigenvalue weighted by atomic mass is 9.86. The molecule has 0 aromatic heterocycles. The molecule has 4 heterocycles. The number of halogens is 1. The Morgan fingerprint density at radius 3 is 2.40 bits per heavy atom. The summed E-state index contributed by atoms with van der Waals surface area (Å²) < 4.78 is 22.6. The molecule has 3 aromatic carbocycles. The lowest BCUT2D eigenvalue weighted by molar-refractivity contribution is -0.138. The molecule has 10 heteroatoms. The first-order valence-electron chi connectivity index (χ1n) is 18.3.